The Hall–Kier alpha value is -1.02. The van der Waals surface area contributed by atoms with Gasteiger partial charge in [-0.15, -0.1) is 0 Å². The van der Waals surface area contributed by atoms with Gasteiger partial charge in [-0.25, -0.2) is 0 Å². The molecular weight excluding hydrogens is 234 g/mol. The first-order valence-corrected chi connectivity index (χ1v) is 7.54. The number of ether oxygens (including phenoxy) is 1. The van der Waals surface area contributed by atoms with Crippen molar-refractivity contribution in [1.29, 1.82) is 0 Å². The van der Waals surface area contributed by atoms with Gasteiger partial charge >= 0.3 is 0 Å². The van der Waals surface area contributed by atoms with Gasteiger partial charge in [0.1, 0.15) is 5.75 Å². The Bertz CT molecular complexity index is 400. The highest BCUT2D eigenvalue weighted by molar-refractivity contribution is 5.44. The summed E-state index contributed by atoms with van der Waals surface area (Å²) in [5.74, 6) is 1.95. The molecule has 0 saturated heterocycles. The third-order valence-electron chi connectivity index (χ3n) is 4.33. The predicted molar refractivity (Wildman–Crippen MR) is 80.8 cm³/mol. The summed E-state index contributed by atoms with van der Waals surface area (Å²) < 4.78 is 5.46. The summed E-state index contributed by atoms with van der Waals surface area (Å²) in [7, 11) is 1.76. The van der Waals surface area contributed by atoms with Gasteiger partial charge in [-0.3, -0.25) is 0 Å². The van der Waals surface area contributed by atoms with Gasteiger partial charge in [0.25, 0.3) is 0 Å². The lowest BCUT2D eigenvalue weighted by molar-refractivity contribution is 0.262. The van der Waals surface area contributed by atoms with Gasteiger partial charge in [-0.2, -0.15) is 0 Å². The minimum Gasteiger partial charge on any atom is -0.496 e. The maximum absolute atomic E-state index is 5.46. The molecule has 1 aromatic rings. The third kappa shape index (κ3) is 3.30. The quantitative estimate of drug-likeness (QED) is 0.830. The Balaban J connectivity index is 2.20. The van der Waals surface area contributed by atoms with Crippen LogP contribution in [0.4, 0.5) is 0 Å². The van der Waals surface area contributed by atoms with Crippen LogP contribution in [0.5, 0.6) is 5.75 Å². The molecule has 1 aliphatic rings. The van der Waals surface area contributed by atoms with Crippen LogP contribution in [-0.2, 0) is 0 Å². The first-order valence-electron chi connectivity index (χ1n) is 7.54. The van der Waals surface area contributed by atoms with Crippen LogP contribution in [-0.4, -0.2) is 13.7 Å². The van der Waals surface area contributed by atoms with Crippen molar-refractivity contribution < 1.29 is 4.74 Å². The molecule has 0 radical (unpaired) electrons. The lowest BCUT2D eigenvalue weighted by Gasteiger charge is -2.30. The molecule has 0 aromatic heterocycles. The zero-order valence-electron chi connectivity index (χ0n) is 12.8. The van der Waals surface area contributed by atoms with Crippen LogP contribution < -0.4 is 10.1 Å². The molecule has 1 aromatic carbocycles. The summed E-state index contributed by atoms with van der Waals surface area (Å²) in [6.45, 7) is 7.50. The van der Waals surface area contributed by atoms with Crippen LogP contribution in [0, 0.1) is 19.8 Å². The molecule has 1 aliphatic carbocycles. The summed E-state index contributed by atoms with van der Waals surface area (Å²) in [5, 5.41) is 3.65. The van der Waals surface area contributed by atoms with Gasteiger partial charge in [0.05, 0.1) is 7.11 Å². The van der Waals surface area contributed by atoms with Crippen LogP contribution >= 0.6 is 0 Å². The van der Waals surface area contributed by atoms with Crippen molar-refractivity contribution in [3.63, 3.8) is 0 Å². The van der Waals surface area contributed by atoms with Crippen LogP contribution in [0.25, 0.3) is 0 Å². The van der Waals surface area contributed by atoms with Gasteiger partial charge in [0.2, 0.25) is 0 Å². The molecule has 0 heterocycles. The van der Waals surface area contributed by atoms with E-state index in [0.29, 0.717) is 6.04 Å². The summed E-state index contributed by atoms with van der Waals surface area (Å²) >= 11 is 0. The van der Waals surface area contributed by atoms with E-state index in [1.54, 1.807) is 7.11 Å². The molecule has 2 heteroatoms. The lowest BCUT2D eigenvalue weighted by Crippen LogP contribution is -2.26. The highest BCUT2D eigenvalue weighted by Crippen LogP contribution is 2.36. The van der Waals surface area contributed by atoms with Crippen LogP contribution in [0.3, 0.4) is 0 Å². The first-order chi connectivity index (χ1) is 9.15. The summed E-state index contributed by atoms with van der Waals surface area (Å²) in [6, 6.07) is 5.08. The van der Waals surface area contributed by atoms with Crippen LogP contribution in [0.1, 0.15) is 55.3 Å². The molecule has 1 fully saturated rings. The van der Waals surface area contributed by atoms with Crippen molar-refractivity contribution in [3.05, 3.63) is 28.8 Å². The van der Waals surface area contributed by atoms with Gasteiger partial charge in [-0.05, 0) is 49.4 Å². The Morgan fingerprint density at radius 2 is 1.89 bits per heavy atom. The minimum absolute atomic E-state index is 0.499. The Morgan fingerprint density at radius 3 is 2.32 bits per heavy atom. The fraction of sp³-hybridized carbons (Fsp3) is 0.647. The van der Waals surface area contributed by atoms with E-state index < -0.39 is 0 Å². The van der Waals surface area contributed by atoms with Crippen molar-refractivity contribution >= 4 is 0 Å². The summed E-state index contributed by atoms with van der Waals surface area (Å²) in [5.41, 5.74) is 3.91. The van der Waals surface area contributed by atoms with Crippen molar-refractivity contribution in [1.82, 2.24) is 5.32 Å². The van der Waals surface area contributed by atoms with Crippen LogP contribution in [0.2, 0.25) is 0 Å². The molecule has 2 nitrogen and oxygen atoms in total. The molecule has 0 bridgehead atoms. The standard InChI is InChI=1S/C17H27NO/c1-5-18-16(11-14-7-6-8-14)15-9-12(2)17(19-4)13(3)10-15/h9-10,14,16,18H,5-8,11H2,1-4H3. The Labute approximate surface area is 117 Å². The van der Waals surface area contributed by atoms with E-state index in [1.165, 1.54) is 42.4 Å². The smallest absolute Gasteiger partial charge is 0.124 e. The maximum Gasteiger partial charge on any atom is 0.124 e. The highest BCUT2D eigenvalue weighted by atomic mass is 16.5. The molecule has 1 atom stereocenters. The fourth-order valence-electron chi connectivity index (χ4n) is 3.15. The van der Waals surface area contributed by atoms with E-state index in [4.69, 9.17) is 4.74 Å². The number of nitrogens with one attached hydrogen (secondary N) is 1. The molecule has 1 unspecified atom stereocenters. The molecule has 106 valence electrons. The van der Waals surface area contributed by atoms with Gasteiger partial charge in [0, 0.05) is 6.04 Å². The monoisotopic (exact) mass is 261 g/mol. The highest BCUT2D eigenvalue weighted by Gasteiger charge is 2.23. The number of hydrogen-bond donors (Lipinski definition) is 1. The SMILES string of the molecule is CCNC(CC1CCC1)c1cc(C)c(OC)c(C)c1. The zero-order valence-corrected chi connectivity index (χ0v) is 12.8. The number of aryl methyl sites for hydroxylation is 2. The van der Waals surface area contributed by atoms with E-state index in [-0.39, 0.29) is 0 Å². The molecule has 19 heavy (non-hydrogen) atoms. The largest absolute Gasteiger partial charge is 0.496 e. The van der Waals surface area contributed by atoms with E-state index in [0.717, 1.165) is 18.2 Å². The maximum atomic E-state index is 5.46. The molecule has 1 N–H and O–H groups in total. The number of hydrogen-bond acceptors (Lipinski definition) is 2. The van der Waals surface area contributed by atoms with E-state index in [2.05, 4.69) is 38.2 Å². The number of methoxy groups -OCH3 is 1. The van der Waals surface area contributed by atoms with Crippen LogP contribution in [0.15, 0.2) is 12.1 Å². The summed E-state index contributed by atoms with van der Waals surface area (Å²) in [4.78, 5) is 0. The molecule has 1 saturated carbocycles. The predicted octanol–water partition coefficient (Wildman–Crippen LogP) is 4.15. The Morgan fingerprint density at radius 1 is 1.26 bits per heavy atom. The first kappa shape index (κ1) is 14.4. The van der Waals surface area contributed by atoms with Crippen molar-refractivity contribution in [2.45, 2.75) is 52.5 Å². The molecule has 2 rings (SSSR count). The van der Waals surface area contributed by atoms with E-state index >= 15 is 0 Å². The Kier molecular flexibility index (Phi) is 4.87. The molecule has 0 aliphatic heterocycles. The number of rotatable bonds is 6. The van der Waals surface area contributed by atoms with E-state index in [9.17, 15) is 0 Å². The van der Waals surface area contributed by atoms with Crippen molar-refractivity contribution in [2.75, 3.05) is 13.7 Å². The minimum atomic E-state index is 0.499. The summed E-state index contributed by atoms with van der Waals surface area (Å²) in [6.07, 6.45) is 5.52. The van der Waals surface area contributed by atoms with Gasteiger partial charge in [-0.1, -0.05) is 38.3 Å². The normalized spacial score (nSPS) is 17.1. The van der Waals surface area contributed by atoms with E-state index in [1.807, 2.05) is 0 Å². The third-order valence-corrected chi connectivity index (χ3v) is 4.33. The second-order valence-corrected chi connectivity index (χ2v) is 5.83. The second-order valence-electron chi connectivity index (χ2n) is 5.83. The molecular formula is C17H27NO. The fourth-order valence-corrected chi connectivity index (χ4v) is 3.15. The molecule has 0 spiro atoms. The zero-order chi connectivity index (χ0) is 13.8. The number of benzene rings is 1. The van der Waals surface area contributed by atoms with Gasteiger partial charge < -0.3 is 10.1 Å². The van der Waals surface area contributed by atoms with Crippen molar-refractivity contribution in [2.24, 2.45) is 5.92 Å². The van der Waals surface area contributed by atoms with Gasteiger partial charge in [0.15, 0.2) is 0 Å². The lowest BCUT2D eigenvalue weighted by atomic mass is 9.79. The average Bonchev–Trinajstić information content (AvgIpc) is 2.31. The average molecular weight is 261 g/mol. The molecule has 0 amide bonds. The second kappa shape index (κ2) is 6.42. The topological polar surface area (TPSA) is 21.3 Å². The van der Waals surface area contributed by atoms with Crippen molar-refractivity contribution in [3.8, 4) is 5.75 Å².